The molecular weight excluding hydrogens is 384 g/mol. The second-order valence-electron chi connectivity index (χ2n) is 8.62. The number of quaternary nitrogens is 1. The molecule has 0 bridgehead atoms. The Morgan fingerprint density at radius 1 is 0.839 bits per heavy atom. The first kappa shape index (κ1) is 15.8. The highest BCUT2D eigenvalue weighted by molar-refractivity contribution is 5.93. The Morgan fingerprint density at radius 3 is 2.42 bits per heavy atom. The molecule has 0 fully saturated rings. The van der Waals surface area contributed by atoms with Gasteiger partial charge in [-0.25, -0.2) is 4.57 Å². The van der Waals surface area contributed by atoms with E-state index in [1.54, 1.807) is 0 Å². The first-order valence-corrected chi connectivity index (χ1v) is 10.6. The van der Waals surface area contributed by atoms with Crippen molar-refractivity contribution in [3.63, 3.8) is 0 Å². The predicted molar refractivity (Wildman–Crippen MR) is 118 cm³/mol. The van der Waals surface area contributed by atoms with Crippen LogP contribution in [0.3, 0.4) is 0 Å². The van der Waals surface area contributed by atoms with Crippen LogP contribution in [-0.4, -0.2) is 4.57 Å². The molecule has 5 nitrogen and oxygen atoms in total. The van der Waals surface area contributed by atoms with Crippen molar-refractivity contribution >= 4 is 22.4 Å². The van der Waals surface area contributed by atoms with E-state index in [2.05, 4.69) is 107 Å². The van der Waals surface area contributed by atoms with E-state index in [0.29, 0.717) is 4.70 Å². The van der Waals surface area contributed by atoms with Crippen molar-refractivity contribution in [2.75, 3.05) is 0 Å². The fourth-order valence-corrected chi connectivity index (χ4v) is 5.92. The number of ether oxygens (including phenoxy) is 1. The molecule has 146 valence electrons. The summed E-state index contributed by atoms with van der Waals surface area (Å²) in [5.74, 6) is 3.01. The molecule has 5 heteroatoms. The number of benzene rings is 3. The Balaban J connectivity index is 1.71. The number of pyridine rings is 1. The summed E-state index contributed by atoms with van der Waals surface area (Å²) in [5.41, 5.74) is 9.64. The molecule has 0 aliphatic carbocycles. The molecular formula is C26H19N4O+3. The quantitative estimate of drug-likeness (QED) is 0.266. The molecule has 2 aromatic heterocycles. The standard InChI is InChI=1S/C26H19N4O/c1-16-13-14-28-21(15-16)17-7-5-11-22-24(17)30(28)25-18(8-6-12-23(25)31-22)26-27(2)19-9-3-4-10-20(19)29(26)30/h3-15H,1-2H3/q+3. The van der Waals surface area contributed by atoms with Crippen LogP contribution < -0.4 is 18.8 Å². The third kappa shape index (κ3) is 1.50. The number of imidazole rings is 1. The highest BCUT2D eigenvalue weighted by atomic mass is 16.5. The smallest absolute Gasteiger partial charge is 0.354 e. The molecule has 31 heavy (non-hydrogen) atoms. The molecule has 0 saturated heterocycles. The zero-order chi connectivity index (χ0) is 20.5. The molecule has 0 saturated carbocycles. The SMILES string of the molecule is Cc1cc[n+]2c(c1)-c1cccc3c1[N+]21c2c(cccc2-c2n(C)c4ccccc4[n+]21)O3. The van der Waals surface area contributed by atoms with Gasteiger partial charge in [0, 0.05) is 21.5 Å². The van der Waals surface area contributed by atoms with Gasteiger partial charge in [-0.2, -0.15) is 0 Å². The number of hydrogen-bond donors (Lipinski definition) is 0. The lowest BCUT2D eigenvalue weighted by Gasteiger charge is -2.25. The van der Waals surface area contributed by atoms with Gasteiger partial charge >= 0.3 is 5.82 Å². The van der Waals surface area contributed by atoms with E-state index in [0.717, 1.165) is 11.5 Å². The number of nitrogens with zero attached hydrogens (tertiary/aromatic N) is 4. The molecule has 0 radical (unpaired) electrons. The molecule has 8 rings (SSSR count). The molecule has 3 aromatic carbocycles. The van der Waals surface area contributed by atoms with E-state index in [1.165, 1.54) is 50.6 Å². The number of fused-ring (bicyclic) bond motifs is 6. The third-order valence-electron chi connectivity index (χ3n) is 7.04. The lowest BCUT2D eigenvalue weighted by atomic mass is 10.1. The van der Waals surface area contributed by atoms with E-state index < -0.39 is 0 Å². The monoisotopic (exact) mass is 403 g/mol. The summed E-state index contributed by atoms with van der Waals surface area (Å²) in [6.07, 6.45) is 2.23. The molecule has 1 spiro atoms. The Labute approximate surface area is 178 Å². The normalized spacial score (nSPS) is 18.4. The van der Waals surface area contributed by atoms with E-state index in [4.69, 9.17) is 4.74 Å². The van der Waals surface area contributed by atoms with Gasteiger partial charge in [0.15, 0.2) is 17.0 Å². The van der Waals surface area contributed by atoms with Crippen molar-refractivity contribution in [3.8, 4) is 34.1 Å². The Hall–Kier alpha value is -3.96. The van der Waals surface area contributed by atoms with E-state index >= 15 is 0 Å². The maximum atomic E-state index is 6.52. The molecule has 3 aliphatic heterocycles. The lowest BCUT2D eigenvalue weighted by Crippen LogP contribution is -2.81. The van der Waals surface area contributed by atoms with E-state index in [1.807, 2.05) is 0 Å². The van der Waals surface area contributed by atoms with Crippen molar-refractivity contribution < 1.29 is 14.1 Å². The van der Waals surface area contributed by atoms with Gasteiger partial charge in [0.1, 0.15) is 15.8 Å². The zero-order valence-electron chi connectivity index (χ0n) is 17.2. The van der Waals surface area contributed by atoms with Gasteiger partial charge in [0.05, 0.1) is 7.05 Å². The number of aromatic nitrogens is 3. The number of hydrogen-bond acceptors (Lipinski definition) is 1. The van der Waals surface area contributed by atoms with Crippen LogP contribution in [0.1, 0.15) is 5.56 Å². The Morgan fingerprint density at radius 2 is 1.58 bits per heavy atom. The van der Waals surface area contributed by atoms with E-state index in [9.17, 15) is 0 Å². The van der Waals surface area contributed by atoms with Gasteiger partial charge in [-0.3, -0.25) is 0 Å². The van der Waals surface area contributed by atoms with Crippen molar-refractivity contribution in [2.45, 2.75) is 6.92 Å². The summed E-state index contributed by atoms with van der Waals surface area (Å²) in [4.78, 5) is 0. The maximum absolute atomic E-state index is 6.52. The van der Waals surface area contributed by atoms with Gasteiger partial charge in [0.25, 0.3) is 17.1 Å². The van der Waals surface area contributed by atoms with Crippen molar-refractivity contribution in [2.24, 2.45) is 7.05 Å². The summed E-state index contributed by atoms with van der Waals surface area (Å²) < 4.78 is 14.2. The van der Waals surface area contributed by atoms with Crippen LogP contribution in [-0.2, 0) is 7.05 Å². The van der Waals surface area contributed by atoms with Gasteiger partial charge in [-0.05, 0) is 48.9 Å². The summed E-state index contributed by atoms with van der Waals surface area (Å²) >= 11 is 0. The number of aryl methyl sites for hydroxylation is 2. The van der Waals surface area contributed by atoms with E-state index in [-0.39, 0.29) is 0 Å². The molecule has 5 heterocycles. The second kappa shape index (κ2) is 4.85. The number of rotatable bonds is 0. The van der Waals surface area contributed by atoms with Crippen LogP contribution in [0.15, 0.2) is 79.0 Å². The van der Waals surface area contributed by atoms with Crippen molar-refractivity contribution in [1.29, 1.82) is 0 Å². The second-order valence-corrected chi connectivity index (χ2v) is 8.62. The van der Waals surface area contributed by atoms with Gasteiger partial charge in [-0.1, -0.05) is 24.3 Å². The topological polar surface area (TPSA) is 21.9 Å². The first-order chi connectivity index (χ1) is 15.2. The van der Waals surface area contributed by atoms with Crippen LogP contribution in [0, 0.1) is 6.92 Å². The van der Waals surface area contributed by atoms with Gasteiger partial charge in [-0.15, -0.1) is 0 Å². The minimum absolute atomic E-state index is 0.462. The summed E-state index contributed by atoms with van der Waals surface area (Å²) in [6.45, 7) is 2.16. The van der Waals surface area contributed by atoms with Gasteiger partial charge in [0.2, 0.25) is 11.7 Å². The zero-order valence-corrected chi connectivity index (χ0v) is 17.2. The van der Waals surface area contributed by atoms with Crippen molar-refractivity contribution in [1.82, 2.24) is 9.27 Å². The molecule has 3 aliphatic rings. The highest BCUT2D eigenvalue weighted by Gasteiger charge is 2.72. The molecule has 1 atom stereocenters. The fourth-order valence-electron chi connectivity index (χ4n) is 5.92. The summed E-state index contributed by atoms with van der Waals surface area (Å²) in [6, 6.07) is 26.0. The predicted octanol–water partition coefficient (Wildman–Crippen LogP) is 4.69. The molecule has 1 unspecified atom stereocenters. The lowest BCUT2D eigenvalue weighted by molar-refractivity contribution is -1.01. The summed E-state index contributed by atoms with van der Waals surface area (Å²) in [5, 5.41) is 0. The molecule has 5 aromatic rings. The van der Waals surface area contributed by atoms with Crippen LogP contribution in [0.4, 0.5) is 11.4 Å². The van der Waals surface area contributed by atoms with Crippen LogP contribution in [0.25, 0.3) is 33.7 Å². The Bertz CT molecular complexity index is 1650. The third-order valence-corrected chi connectivity index (χ3v) is 7.04. The van der Waals surface area contributed by atoms with Crippen LogP contribution >= 0.6 is 0 Å². The van der Waals surface area contributed by atoms with Crippen molar-refractivity contribution in [3.05, 3.63) is 84.6 Å². The fraction of sp³-hybridized carbons (Fsp3) is 0.0769. The maximum Gasteiger partial charge on any atom is 0.354 e. The molecule has 0 amide bonds. The van der Waals surface area contributed by atoms with Crippen LogP contribution in [0.2, 0.25) is 0 Å². The highest BCUT2D eigenvalue weighted by Crippen LogP contribution is 2.60. The van der Waals surface area contributed by atoms with Gasteiger partial charge < -0.3 is 4.74 Å². The number of para-hydroxylation sites is 4. The average molecular weight is 403 g/mol. The largest absolute Gasteiger partial charge is 0.444 e. The first-order valence-electron chi connectivity index (χ1n) is 10.6. The average Bonchev–Trinajstić information content (AvgIpc) is 3.37. The Kier molecular flexibility index (Phi) is 2.47. The minimum atomic E-state index is 0.462. The molecule has 0 N–H and O–H groups in total. The minimum Gasteiger partial charge on any atom is -0.444 e. The summed E-state index contributed by atoms with van der Waals surface area (Å²) in [7, 11) is 2.16. The van der Waals surface area contributed by atoms with Crippen LogP contribution in [0.5, 0.6) is 11.5 Å².